The standard InChI is InChI=1S/C20H34N6O2/c1-14-22-19(24-23-14)15-4-8-25(9-5-15)20(27)16-2-3-17(21)13-26(12-16)18-6-10-28-11-7-18/h15-18H,2-13,21H2,1H3,(H,22,23,24)/t16-,17+/m1/s1. The largest absolute Gasteiger partial charge is 0.381 e. The average molecular weight is 391 g/mol. The van der Waals surface area contributed by atoms with Crippen molar-refractivity contribution in [2.24, 2.45) is 11.7 Å². The van der Waals surface area contributed by atoms with Gasteiger partial charge in [0, 0.05) is 57.4 Å². The van der Waals surface area contributed by atoms with Crippen molar-refractivity contribution in [3.8, 4) is 0 Å². The van der Waals surface area contributed by atoms with Crippen LogP contribution in [0.5, 0.6) is 0 Å². The third-order valence-corrected chi connectivity index (χ3v) is 6.65. The van der Waals surface area contributed by atoms with Crippen LogP contribution in [0.25, 0.3) is 0 Å². The molecule has 156 valence electrons. The molecule has 3 saturated heterocycles. The van der Waals surface area contributed by atoms with E-state index in [0.717, 1.165) is 89.6 Å². The normalized spacial score (nSPS) is 29.0. The van der Waals surface area contributed by atoms with E-state index in [2.05, 4.69) is 25.0 Å². The molecule has 0 aromatic carbocycles. The van der Waals surface area contributed by atoms with Crippen molar-refractivity contribution in [2.45, 2.75) is 63.5 Å². The molecule has 1 aromatic rings. The number of aromatic nitrogens is 3. The SMILES string of the molecule is Cc1nc(C2CCN(C(=O)[C@@H]3CC[C@H](N)CN(C4CCOCC4)C3)CC2)n[nH]1. The molecule has 0 saturated carbocycles. The van der Waals surface area contributed by atoms with Gasteiger partial charge in [-0.15, -0.1) is 0 Å². The number of nitrogens with one attached hydrogen (secondary N) is 1. The molecular weight excluding hydrogens is 356 g/mol. The molecule has 3 aliphatic heterocycles. The van der Waals surface area contributed by atoms with Crippen LogP contribution in [0, 0.1) is 12.8 Å². The van der Waals surface area contributed by atoms with Crippen LogP contribution in [0.2, 0.25) is 0 Å². The molecule has 28 heavy (non-hydrogen) atoms. The molecule has 0 bridgehead atoms. The molecule has 4 heterocycles. The highest BCUT2D eigenvalue weighted by Crippen LogP contribution is 2.28. The van der Waals surface area contributed by atoms with E-state index >= 15 is 0 Å². The number of H-pyrrole nitrogens is 1. The maximum absolute atomic E-state index is 13.3. The van der Waals surface area contributed by atoms with Crippen molar-refractivity contribution >= 4 is 5.91 Å². The Morgan fingerprint density at radius 1 is 1.11 bits per heavy atom. The van der Waals surface area contributed by atoms with Crippen LogP contribution in [0.3, 0.4) is 0 Å². The summed E-state index contributed by atoms with van der Waals surface area (Å²) < 4.78 is 5.52. The van der Waals surface area contributed by atoms with Gasteiger partial charge in [-0.25, -0.2) is 4.98 Å². The molecule has 0 radical (unpaired) electrons. The van der Waals surface area contributed by atoms with Crippen molar-refractivity contribution in [1.29, 1.82) is 0 Å². The summed E-state index contributed by atoms with van der Waals surface area (Å²) in [5.41, 5.74) is 6.34. The van der Waals surface area contributed by atoms with Gasteiger partial charge in [-0.05, 0) is 45.4 Å². The minimum atomic E-state index is 0.0682. The minimum absolute atomic E-state index is 0.0682. The van der Waals surface area contributed by atoms with E-state index in [-0.39, 0.29) is 12.0 Å². The molecule has 8 nitrogen and oxygen atoms in total. The zero-order valence-electron chi connectivity index (χ0n) is 17.0. The number of carbonyl (C=O) groups excluding carboxylic acids is 1. The van der Waals surface area contributed by atoms with Gasteiger partial charge in [0.05, 0.1) is 5.92 Å². The number of aromatic amines is 1. The van der Waals surface area contributed by atoms with Crippen LogP contribution in [-0.4, -0.2) is 82.4 Å². The van der Waals surface area contributed by atoms with Crippen molar-refractivity contribution < 1.29 is 9.53 Å². The molecule has 8 heteroatoms. The third kappa shape index (κ3) is 4.55. The van der Waals surface area contributed by atoms with E-state index in [1.54, 1.807) is 0 Å². The number of hydrogen-bond acceptors (Lipinski definition) is 6. The topological polar surface area (TPSA) is 100 Å². The second kappa shape index (κ2) is 8.88. The van der Waals surface area contributed by atoms with Gasteiger partial charge in [0.15, 0.2) is 5.82 Å². The van der Waals surface area contributed by atoms with Gasteiger partial charge in [0.2, 0.25) is 5.91 Å². The van der Waals surface area contributed by atoms with Gasteiger partial charge in [-0.2, -0.15) is 5.10 Å². The Morgan fingerprint density at radius 3 is 2.54 bits per heavy atom. The van der Waals surface area contributed by atoms with Crippen LogP contribution < -0.4 is 5.73 Å². The second-order valence-corrected chi connectivity index (χ2v) is 8.71. The number of nitrogens with two attached hydrogens (primary N) is 1. The zero-order valence-corrected chi connectivity index (χ0v) is 17.0. The maximum atomic E-state index is 13.3. The molecule has 1 amide bonds. The van der Waals surface area contributed by atoms with Gasteiger partial charge in [-0.1, -0.05) is 0 Å². The summed E-state index contributed by atoms with van der Waals surface area (Å²) in [6.07, 6.45) is 5.82. The molecule has 2 atom stereocenters. The van der Waals surface area contributed by atoms with Crippen molar-refractivity contribution in [3.05, 3.63) is 11.6 Å². The first kappa shape index (κ1) is 19.8. The van der Waals surface area contributed by atoms with Gasteiger partial charge in [0.1, 0.15) is 5.82 Å². The number of aryl methyl sites for hydroxylation is 1. The Kier molecular flexibility index (Phi) is 6.28. The monoisotopic (exact) mass is 390 g/mol. The Hall–Kier alpha value is -1.51. The fourth-order valence-corrected chi connectivity index (χ4v) is 4.97. The first-order chi connectivity index (χ1) is 13.6. The lowest BCUT2D eigenvalue weighted by Gasteiger charge is -2.37. The Balaban J connectivity index is 1.35. The van der Waals surface area contributed by atoms with E-state index in [9.17, 15) is 4.79 Å². The Morgan fingerprint density at radius 2 is 1.86 bits per heavy atom. The van der Waals surface area contributed by atoms with Crippen LogP contribution in [0.4, 0.5) is 0 Å². The van der Waals surface area contributed by atoms with Gasteiger partial charge in [-0.3, -0.25) is 14.8 Å². The smallest absolute Gasteiger partial charge is 0.226 e. The third-order valence-electron chi connectivity index (χ3n) is 6.65. The molecule has 0 unspecified atom stereocenters. The lowest BCUT2D eigenvalue weighted by molar-refractivity contribution is -0.137. The minimum Gasteiger partial charge on any atom is -0.381 e. The number of piperidine rings is 1. The molecule has 0 aliphatic carbocycles. The number of rotatable bonds is 3. The van der Waals surface area contributed by atoms with E-state index in [1.165, 1.54) is 0 Å². The number of ether oxygens (including phenoxy) is 1. The molecule has 3 N–H and O–H groups in total. The predicted octanol–water partition coefficient (Wildman–Crippen LogP) is 1.04. The number of carbonyl (C=O) groups is 1. The Bertz CT molecular complexity index is 651. The first-order valence-electron chi connectivity index (χ1n) is 10.8. The average Bonchev–Trinajstić information content (AvgIpc) is 3.06. The molecular formula is C20H34N6O2. The zero-order chi connectivity index (χ0) is 19.5. The van der Waals surface area contributed by atoms with Gasteiger partial charge < -0.3 is 15.4 Å². The lowest BCUT2D eigenvalue weighted by atomic mass is 9.93. The highest BCUT2D eigenvalue weighted by atomic mass is 16.5. The highest BCUT2D eigenvalue weighted by molar-refractivity contribution is 5.79. The van der Waals surface area contributed by atoms with E-state index in [1.807, 2.05) is 6.92 Å². The quantitative estimate of drug-likeness (QED) is 0.800. The van der Waals surface area contributed by atoms with Crippen LogP contribution >= 0.6 is 0 Å². The molecule has 3 aliphatic rings. The summed E-state index contributed by atoms with van der Waals surface area (Å²) in [4.78, 5) is 22.3. The van der Waals surface area contributed by atoms with Crippen molar-refractivity contribution in [3.63, 3.8) is 0 Å². The van der Waals surface area contributed by atoms with Crippen LogP contribution in [0.1, 0.15) is 56.1 Å². The van der Waals surface area contributed by atoms with Gasteiger partial charge in [0.25, 0.3) is 0 Å². The second-order valence-electron chi connectivity index (χ2n) is 8.71. The van der Waals surface area contributed by atoms with E-state index < -0.39 is 0 Å². The summed E-state index contributed by atoms with van der Waals surface area (Å²) in [5, 5.41) is 7.24. The fraction of sp³-hybridized carbons (Fsp3) is 0.850. The summed E-state index contributed by atoms with van der Waals surface area (Å²) >= 11 is 0. The summed E-state index contributed by atoms with van der Waals surface area (Å²) in [7, 11) is 0. The van der Waals surface area contributed by atoms with Crippen molar-refractivity contribution in [1.82, 2.24) is 25.0 Å². The summed E-state index contributed by atoms with van der Waals surface area (Å²) in [6, 6.07) is 0.674. The molecule has 0 spiro atoms. The first-order valence-corrected chi connectivity index (χ1v) is 10.8. The Labute approximate surface area is 167 Å². The van der Waals surface area contributed by atoms with Crippen LogP contribution in [0.15, 0.2) is 0 Å². The molecule has 4 rings (SSSR count). The summed E-state index contributed by atoms with van der Waals surface area (Å²) in [5.74, 6) is 2.50. The van der Waals surface area contributed by atoms with Crippen molar-refractivity contribution in [2.75, 3.05) is 39.4 Å². The number of likely N-dealkylation sites (tertiary alicyclic amines) is 2. The molecule has 3 fully saturated rings. The number of nitrogens with zero attached hydrogens (tertiary/aromatic N) is 4. The predicted molar refractivity (Wildman–Crippen MR) is 106 cm³/mol. The lowest BCUT2D eigenvalue weighted by Crippen LogP contribution is -2.48. The number of hydrogen-bond donors (Lipinski definition) is 2. The van der Waals surface area contributed by atoms with Gasteiger partial charge >= 0.3 is 0 Å². The highest BCUT2D eigenvalue weighted by Gasteiger charge is 2.35. The maximum Gasteiger partial charge on any atom is 0.226 e. The van der Waals surface area contributed by atoms with E-state index in [4.69, 9.17) is 10.5 Å². The number of amides is 1. The summed E-state index contributed by atoms with van der Waals surface area (Å²) in [6.45, 7) is 6.92. The van der Waals surface area contributed by atoms with Crippen LogP contribution in [-0.2, 0) is 9.53 Å². The molecule has 1 aromatic heterocycles. The fourth-order valence-electron chi connectivity index (χ4n) is 4.97. The van der Waals surface area contributed by atoms with E-state index in [0.29, 0.717) is 17.9 Å².